The third kappa shape index (κ3) is 7.05. The van der Waals surface area contributed by atoms with Gasteiger partial charge in [0.25, 0.3) is 0 Å². The summed E-state index contributed by atoms with van der Waals surface area (Å²) < 4.78 is 31.0. The number of sulfonamides is 1. The number of anilines is 1. The molecule has 0 saturated carbocycles. The zero-order valence-corrected chi connectivity index (χ0v) is 17.6. The highest BCUT2D eigenvalue weighted by Crippen LogP contribution is 2.21. The molecule has 0 aliphatic rings. The fourth-order valence-corrected chi connectivity index (χ4v) is 3.73. The molecule has 0 saturated heterocycles. The van der Waals surface area contributed by atoms with Crippen molar-refractivity contribution < 1.29 is 17.9 Å². The molecule has 0 aromatic heterocycles. The maximum Gasteiger partial charge on any atom is 0.232 e. The lowest BCUT2D eigenvalue weighted by atomic mass is 10.2. The minimum atomic E-state index is -3.45. The second-order valence-corrected chi connectivity index (χ2v) is 8.72. The average Bonchev–Trinajstić information content (AvgIpc) is 2.64. The van der Waals surface area contributed by atoms with Crippen molar-refractivity contribution in [1.29, 1.82) is 0 Å². The van der Waals surface area contributed by atoms with Crippen molar-refractivity contribution in [3.05, 3.63) is 59.1 Å². The average molecular weight is 425 g/mol. The number of carbonyl (C=O) groups is 1. The first-order valence-electron chi connectivity index (χ1n) is 8.96. The first kappa shape index (κ1) is 22.0. The Labute approximate surface area is 171 Å². The highest BCUT2D eigenvalue weighted by molar-refractivity contribution is 7.92. The van der Waals surface area contributed by atoms with Gasteiger partial charge in [-0.25, -0.2) is 8.42 Å². The Balaban J connectivity index is 1.75. The molecule has 0 aliphatic carbocycles. The highest BCUT2D eigenvalue weighted by Gasteiger charge is 2.17. The lowest BCUT2D eigenvalue weighted by molar-refractivity contribution is -0.121. The van der Waals surface area contributed by atoms with Gasteiger partial charge in [0.1, 0.15) is 12.4 Å². The third-order valence-corrected chi connectivity index (χ3v) is 5.50. The Morgan fingerprint density at radius 3 is 2.46 bits per heavy atom. The molecule has 0 aliphatic heterocycles. The minimum Gasteiger partial charge on any atom is -0.491 e. The molecule has 6 nitrogen and oxygen atoms in total. The van der Waals surface area contributed by atoms with Gasteiger partial charge in [0.15, 0.2) is 0 Å². The van der Waals surface area contributed by atoms with E-state index in [2.05, 4.69) is 5.32 Å². The minimum absolute atomic E-state index is 0.141. The Morgan fingerprint density at radius 2 is 1.82 bits per heavy atom. The molecule has 1 N–H and O–H groups in total. The van der Waals surface area contributed by atoms with E-state index in [1.807, 2.05) is 31.2 Å². The summed E-state index contributed by atoms with van der Waals surface area (Å²) in [6.07, 6.45) is 1.77. The quantitative estimate of drug-likeness (QED) is 0.593. The summed E-state index contributed by atoms with van der Waals surface area (Å²) in [4.78, 5) is 12.0. The molecule has 2 rings (SSSR count). The number of ether oxygens (including phenoxy) is 1. The molecule has 1 amide bonds. The summed E-state index contributed by atoms with van der Waals surface area (Å²) >= 11 is 5.85. The first-order chi connectivity index (χ1) is 13.3. The zero-order valence-electron chi connectivity index (χ0n) is 16.0. The van der Waals surface area contributed by atoms with Gasteiger partial charge in [-0.1, -0.05) is 29.8 Å². The number of benzene rings is 2. The van der Waals surface area contributed by atoms with Crippen LogP contribution in [0.1, 0.15) is 18.4 Å². The summed E-state index contributed by atoms with van der Waals surface area (Å²) in [5.41, 5.74) is 1.57. The van der Waals surface area contributed by atoms with Gasteiger partial charge in [0.05, 0.1) is 18.5 Å². The molecule has 0 bridgehead atoms. The maximum atomic E-state index is 12.0. The SMILES string of the molecule is Cc1ccccc1OCCNC(=O)CCCN(c1ccc(Cl)cc1)S(C)(=O)=O. The van der Waals surface area contributed by atoms with Crippen LogP contribution >= 0.6 is 11.6 Å². The molecule has 28 heavy (non-hydrogen) atoms. The molecule has 0 heterocycles. The maximum absolute atomic E-state index is 12.0. The van der Waals surface area contributed by atoms with Crippen LogP contribution in [-0.4, -0.2) is 40.3 Å². The van der Waals surface area contributed by atoms with Crippen molar-refractivity contribution in [2.75, 3.05) is 30.3 Å². The lowest BCUT2D eigenvalue weighted by Crippen LogP contribution is -2.32. The molecular formula is C20H25ClN2O4S. The van der Waals surface area contributed by atoms with Crippen LogP contribution in [0.3, 0.4) is 0 Å². The summed E-state index contributed by atoms with van der Waals surface area (Å²) in [6, 6.07) is 14.2. The molecule has 152 valence electrons. The van der Waals surface area contributed by atoms with E-state index in [-0.39, 0.29) is 18.9 Å². The van der Waals surface area contributed by atoms with E-state index in [1.54, 1.807) is 24.3 Å². The molecule has 0 radical (unpaired) electrons. The number of hydrogen-bond acceptors (Lipinski definition) is 4. The number of para-hydroxylation sites is 1. The summed E-state index contributed by atoms with van der Waals surface area (Å²) in [5.74, 6) is 0.654. The van der Waals surface area contributed by atoms with Crippen molar-refractivity contribution >= 4 is 33.2 Å². The molecule has 2 aromatic carbocycles. The van der Waals surface area contributed by atoms with Gasteiger partial charge in [-0.3, -0.25) is 9.10 Å². The molecule has 0 atom stereocenters. The van der Waals surface area contributed by atoms with Crippen molar-refractivity contribution in [2.45, 2.75) is 19.8 Å². The number of halogens is 1. The fourth-order valence-electron chi connectivity index (χ4n) is 2.64. The number of hydrogen-bond donors (Lipinski definition) is 1. The number of amides is 1. The van der Waals surface area contributed by atoms with Crippen molar-refractivity contribution in [3.8, 4) is 5.75 Å². The van der Waals surface area contributed by atoms with Gasteiger partial charge in [0.2, 0.25) is 15.9 Å². The van der Waals surface area contributed by atoms with Crippen LogP contribution in [0.25, 0.3) is 0 Å². The smallest absolute Gasteiger partial charge is 0.232 e. The van der Waals surface area contributed by atoms with Crippen LogP contribution in [0.4, 0.5) is 5.69 Å². The normalized spacial score (nSPS) is 11.1. The third-order valence-electron chi connectivity index (χ3n) is 4.06. The molecular weight excluding hydrogens is 400 g/mol. The fraction of sp³-hybridized carbons (Fsp3) is 0.350. The van der Waals surface area contributed by atoms with Gasteiger partial charge in [-0.2, -0.15) is 0 Å². The number of carbonyl (C=O) groups excluding carboxylic acids is 1. The number of rotatable bonds is 10. The Morgan fingerprint density at radius 1 is 1.14 bits per heavy atom. The monoisotopic (exact) mass is 424 g/mol. The van der Waals surface area contributed by atoms with Gasteiger partial charge in [-0.05, 0) is 49.2 Å². The van der Waals surface area contributed by atoms with Crippen LogP contribution < -0.4 is 14.4 Å². The van der Waals surface area contributed by atoms with Crippen molar-refractivity contribution in [2.24, 2.45) is 0 Å². The van der Waals surface area contributed by atoms with Gasteiger partial charge in [-0.15, -0.1) is 0 Å². The Bertz CT molecular complexity index is 885. The van der Waals surface area contributed by atoms with Crippen LogP contribution in [0.15, 0.2) is 48.5 Å². The van der Waals surface area contributed by atoms with E-state index < -0.39 is 10.0 Å². The largest absolute Gasteiger partial charge is 0.491 e. The summed E-state index contributed by atoms with van der Waals surface area (Å²) in [5, 5.41) is 3.31. The van der Waals surface area contributed by atoms with E-state index in [0.29, 0.717) is 30.3 Å². The van der Waals surface area contributed by atoms with Gasteiger partial charge >= 0.3 is 0 Å². The highest BCUT2D eigenvalue weighted by atomic mass is 35.5. The van der Waals surface area contributed by atoms with E-state index in [9.17, 15) is 13.2 Å². The van der Waals surface area contributed by atoms with Crippen LogP contribution in [0.5, 0.6) is 5.75 Å². The van der Waals surface area contributed by atoms with E-state index in [4.69, 9.17) is 16.3 Å². The van der Waals surface area contributed by atoms with Gasteiger partial charge in [0, 0.05) is 18.0 Å². The first-order valence-corrected chi connectivity index (χ1v) is 11.2. The molecule has 0 unspecified atom stereocenters. The van der Waals surface area contributed by atoms with E-state index in [0.717, 1.165) is 17.6 Å². The zero-order chi connectivity index (χ0) is 20.6. The predicted molar refractivity (Wildman–Crippen MR) is 113 cm³/mol. The lowest BCUT2D eigenvalue weighted by Gasteiger charge is -2.22. The topological polar surface area (TPSA) is 75.7 Å². The van der Waals surface area contributed by atoms with Crippen LogP contribution in [0, 0.1) is 6.92 Å². The van der Waals surface area contributed by atoms with Gasteiger partial charge < -0.3 is 10.1 Å². The predicted octanol–water partition coefficient (Wildman–Crippen LogP) is 3.39. The summed E-state index contributed by atoms with van der Waals surface area (Å²) in [6.45, 7) is 2.94. The van der Waals surface area contributed by atoms with Crippen molar-refractivity contribution in [1.82, 2.24) is 5.32 Å². The summed E-state index contributed by atoms with van der Waals surface area (Å²) in [7, 11) is -3.45. The van der Waals surface area contributed by atoms with Crippen LogP contribution in [0.2, 0.25) is 5.02 Å². The Hall–Kier alpha value is -2.25. The standard InChI is InChI=1S/C20H25ClN2O4S/c1-16-6-3-4-7-19(16)27-15-13-22-20(24)8-5-14-23(28(2,25)26)18-11-9-17(21)10-12-18/h3-4,6-7,9-12H,5,8,13-15H2,1-2H3,(H,22,24). The second-order valence-electron chi connectivity index (χ2n) is 6.38. The number of aryl methyl sites for hydroxylation is 1. The number of nitrogens with zero attached hydrogens (tertiary/aromatic N) is 1. The Kier molecular flexibility index (Phi) is 8.14. The molecule has 0 spiro atoms. The van der Waals surface area contributed by atoms with E-state index in [1.165, 1.54) is 4.31 Å². The molecule has 8 heteroatoms. The van der Waals surface area contributed by atoms with Crippen LogP contribution in [-0.2, 0) is 14.8 Å². The second kappa shape index (κ2) is 10.3. The number of nitrogens with one attached hydrogen (secondary N) is 1. The van der Waals surface area contributed by atoms with Crippen molar-refractivity contribution in [3.63, 3.8) is 0 Å². The molecule has 0 fully saturated rings. The molecule has 2 aromatic rings. The van der Waals surface area contributed by atoms with E-state index >= 15 is 0 Å².